The lowest BCUT2D eigenvalue weighted by molar-refractivity contribution is 0.179. The van der Waals surface area contributed by atoms with E-state index in [-0.39, 0.29) is 6.61 Å². The quantitative estimate of drug-likeness (QED) is 0.564. The Morgan fingerprint density at radius 3 is 2.75 bits per heavy atom. The molecule has 0 aliphatic rings. The van der Waals surface area contributed by atoms with Crippen LogP contribution in [0.1, 0.15) is 5.56 Å². The van der Waals surface area contributed by atoms with Crippen molar-refractivity contribution >= 4 is 21.7 Å². The second kappa shape index (κ2) is 3.58. The molecule has 0 atom stereocenters. The van der Waals surface area contributed by atoms with E-state index in [0.717, 1.165) is 27.2 Å². The molecule has 1 aromatic heterocycles. The van der Waals surface area contributed by atoms with Gasteiger partial charge in [-0.05, 0) is 17.0 Å². The molecule has 0 saturated carbocycles. The zero-order valence-electron chi connectivity index (χ0n) is 8.68. The van der Waals surface area contributed by atoms with Crippen LogP contribution in [0, 0.1) is 0 Å². The average molecular weight is 208 g/mol. The minimum absolute atomic E-state index is 0.201. The van der Waals surface area contributed by atoms with E-state index >= 15 is 0 Å². The van der Waals surface area contributed by atoms with Gasteiger partial charge in [0.2, 0.25) is 0 Å². The Morgan fingerprint density at radius 2 is 1.88 bits per heavy atom. The van der Waals surface area contributed by atoms with Gasteiger partial charge in [0, 0.05) is 17.0 Å². The number of hydrogen-bond donors (Lipinski definition) is 0. The highest BCUT2D eigenvalue weighted by atomic mass is 16.3. The van der Waals surface area contributed by atoms with Crippen LogP contribution in [0.3, 0.4) is 0 Å². The van der Waals surface area contributed by atoms with Crippen molar-refractivity contribution in [2.24, 2.45) is 0 Å². The SMILES string of the molecule is [O]Cc1cccc2ncc3ccccc3c12. The number of benzene rings is 2. The van der Waals surface area contributed by atoms with Crippen molar-refractivity contribution in [3.05, 3.63) is 54.2 Å². The van der Waals surface area contributed by atoms with Crippen molar-refractivity contribution in [3.63, 3.8) is 0 Å². The lowest BCUT2D eigenvalue weighted by Crippen LogP contribution is -1.88. The molecule has 1 heterocycles. The van der Waals surface area contributed by atoms with Gasteiger partial charge in [0.1, 0.15) is 6.61 Å². The summed E-state index contributed by atoms with van der Waals surface area (Å²) in [6.07, 6.45) is 1.85. The Bertz CT molecular complexity index is 661. The minimum Gasteiger partial charge on any atom is -0.256 e. The summed E-state index contributed by atoms with van der Waals surface area (Å²) in [5.41, 5.74) is 1.72. The third kappa shape index (κ3) is 1.27. The molecule has 2 aromatic carbocycles. The maximum Gasteiger partial charge on any atom is 0.108 e. The van der Waals surface area contributed by atoms with Crippen molar-refractivity contribution in [2.75, 3.05) is 0 Å². The molecule has 2 nitrogen and oxygen atoms in total. The van der Waals surface area contributed by atoms with E-state index in [4.69, 9.17) is 0 Å². The summed E-state index contributed by atoms with van der Waals surface area (Å²) < 4.78 is 0. The van der Waals surface area contributed by atoms with E-state index in [0.29, 0.717) is 0 Å². The van der Waals surface area contributed by atoms with Crippen LogP contribution in [-0.4, -0.2) is 4.98 Å². The average Bonchev–Trinajstić information content (AvgIpc) is 2.37. The lowest BCUT2D eigenvalue weighted by Gasteiger charge is -2.06. The zero-order chi connectivity index (χ0) is 11.0. The molecule has 0 fully saturated rings. The van der Waals surface area contributed by atoms with Crippen molar-refractivity contribution < 1.29 is 5.11 Å². The standard InChI is InChI=1S/C14H10NO/c16-9-11-5-3-7-13-14(11)12-6-2-1-4-10(12)8-15-13/h1-8H,9H2. The minimum atomic E-state index is -0.201. The van der Waals surface area contributed by atoms with Gasteiger partial charge in [0.25, 0.3) is 0 Å². The molecule has 0 bridgehead atoms. The summed E-state index contributed by atoms with van der Waals surface area (Å²) in [5.74, 6) is 0. The predicted octanol–water partition coefficient (Wildman–Crippen LogP) is 3.32. The van der Waals surface area contributed by atoms with Gasteiger partial charge in [-0.3, -0.25) is 4.98 Å². The fourth-order valence-corrected chi connectivity index (χ4v) is 2.10. The van der Waals surface area contributed by atoms with Crippen molar-refractivity contribution in [1.29, 1.82) is 0 Å². The lowest BCUT2D eigenvalue weighted by atomic mass is 10.0. The van der Waals surface area contributed by atoms with Crippen LogP contribution in [-0.2, 0) is 11.7 Å². The molecular formula is C14H10NO. The van der Waals surface area contributed by atoms with E-state index in [1.807, 2.05) is 48.7 Å². The first-order valence-electron chi connectivity index (χ1n) is 5.23. The highest BCUT2D eigenvalue weighted by Crippen LogP contribution is 2.26. The monoisotopic (exact) mass is 208 g/mol. The maximum atomic E-state index is 11.2. The van der Waals surface area contributed by atoms with Crippen LogP contribution in [0.4, 0.5) is 0 Å². The van der Waals surface area contributed by atoms with Crippen LogP contribution in [0.2, 0.25) is 0 Å². The molecule has 0 aliphatic heterocycles. The molecule has 3 rings (SSSR count). The van der Waals surface area contributed by atoms with Gasteiger partial charge in [-0.1, -0.05) is 36.4 Å². The van der Waals surface area contributed by atoms with E-state index in [2.05, 4.69) is 4.98 Å². The van der Waals surface area contributed by atoms with Gasteiger partial charge < -0.3 is 0 Å². The molecule has 3 aromatic rings. The predicted molar refractivity (Wildman–Crippen MR) is 63.6 cm³/mol. The summed E-state index contributed by atoms with van der Waals surface area (Å²) in [7, 11) is 0. The topological polar surface area (TPSA) is 32.8 Å². The third-order valence-corrected chi connectivity index (χ3v) is 2.86. The first-order chi connectivity index (χ1) is 7.90. The highest BCUT2D eigenvalue weighted by Gasteiger charge is 2.05. The Labute approximate surface area is 93.2 Å². The second-order valence-corrected chi connectivity index (χ2v) is 3.80. The van der Waals surface area contributed by atoms with Gasteiger partial charge in [0.15, 0.2) is 0 Å². The number of pyridine rings is 1. The van der Waals surface area contributed by atoms with Gasteiger partial charge in [-0.25, -0.2) is 5.11 Å². The van der Waals surface area contributed by atoms with E-state index in [1.165, 1.54) is 0 Å². The summed E-state index contributed by atoms with van der Waals surface area (Å²) >= 11 is 0. The molecule has 0 unspecified atom stereocenters. The van der Waals surface area contributed by atoms with Gasteiger partial charge in [-0.15, -0.1) is 0 Å². The number of rotatable bonds is 1. The third-order valence-electron chi connectivity index (χ3n) is 2.86. The van der Waals surface area contributed by atoms with E-state index in [9.17, 15) is 5.11 Å². The van der Waals surface area contributed by atoms with Crippen molar-refractivity contribution in [3.8, 4) is 0 Å². The largest absolute Gasteiger partial charge is 0.256 e. The van der Waals surface area contributed by atoms with Crippen LogP contribution < -0.4 is 0 Å². The Hall–Kier alpha value is -1.93. The molecular weight excluding hydrogens is 198 g/mol. The fraction of sp³-hybridized carbons (Fsp3) is 0.0714. The van der Waals surface area contributed by atoms with Gasteiger partial charge >= 0.3 is 0 Å². The first kappa shape index (κ1) is 9.31. The summed E-state index contributed by atoms with van der Waals surface area (Å²) in [6, 6.07) is 13.7. The van der Waals surface area contributed by atoms with Gasteiger partial charge in [-0.2, -0.15) is 0 Å². The first-order valence-corrected chi connectivity index (χ1v) is 5.23. The summed E-state index contributed by atoms with van der Waals surface area (Å²) in [5, 5.41) is 14.3. The molecule has 1 radical (unpaired) electrons. The molecule has 0 N–H and O–H groups in total. The van der Waals surface area contributed by atoms with Gasteiger partial charge in [0.05, 0.1) is 5.52 Å². The molecule has 0 saturated heterocycles. The summed E-state index contributed by atoms with van der Waals surface area (Å²) in [6.45, 7) is -0.201. The molecule has 0 amide bonds. The van der Waals surface area contributed by atoms with Crippen LogP contribution >= 0.6 is 0 Å². The van der Waals surface area contributed by atoms with Crippen LogP contribution in [0.25, 0.3) is 21.7 Å². The smallest absolute Gasteiger partial charge is 0.108 e. The Kier molecular flexibility index (Phi) is 2.08. The van der Waals surface area contributed by atoms with Crippen LogP contribution in [0.15, 0.2) is 48.7 Å². The molecule has 77 valence electrons. The normalized spacial score (nSPS) is 11.1. The molecule has 0 spiro atoms. The van der Waals surface area contributed by atoms with Crippen molar-refractivity contribution in [2.45, 2.75) is 6.61 Å². The zero-order valence-corrected chi connectivity index (χ0v) is 8.68. The fourth-order valence-electron chi connectivity index (χ4n) is 2.10. The number of fused-ring (bicyclic) bond motifs is 3. The second-order valence-electron chi connectivity index (χ2n) is 3.80. The van der Waals surface area contributed by atoms with E-state index in [1.54, 1.807) is 0 Å². The molecule has 0 aliphatic carbocycles. The van der Waals surface area contributed by atoms with Crippen molar-refractivity contribution in [1.82, 2.24) is 4.98 Å². The van der Waals surface area contributed by atoms with E-state index < -0.39 is 0 Å². The number of hydrogen-bond acceptors (Lipinski definition) is 1. The van der Waals surface area contributed by atoms with Crippen LogP contribution in [0.5, 0.6) is 0 Å². The molecule has 16 heavy (non-hydrogen) atoms. The Morgan fingerprint density at radius 1 is 1.00 bits per heavy atom. The summed E-state index contributed by atoms with van der Waals surface area (Å²) in [4.78, 5) is 4.38. The maximum absolute atomic E-state index is 11.2. The molecule has 2 heteroatoms. The number of nitrogens with zero attached hydrogens (tertiary/aromatic N) is 1. The highest BCUT2D eigenvalue weighted by molar-refractivity contribution is 6.06. The Balaban J connectivity index is 2.57. The number of aromatic nitrogens is 1.